The predicted molar refractivity (Wildman–Crippen MR) is 444 cm³/mol. The Kier molecular flexibility index (Phi) is 22.4. The van der Waals surface area contributed by atoms with E-state index < -0.39 is 17.6 Å². The number of hydrogen-bond donors (Lipinski definition) is 2. The molecule has 16 nitrogen and oxygen atoms in total. The zero-order valence-corrected chi connectivity index (χ0v) is 64.6. The van der Waals surface area contributed by atoms with Gasteiger partial charge in [0.1, 0.15) is 0 Å². The lowest BCUT2D eigenvalue weighted by molar-refractivity contribution is -0.121. The quantitative estimate of drug-likeness (QED) is 0.0304. The lowest BCUT2D eigenvalue weighted by Crippen LogP contribution is -2.46. The Morgan fingerprint density at radius 3 is 0.954 bits per heavy atom. The normalized spacial score (nSPS) is 12.0. The third-order valence-corrected chi connectivity index (χ3v) is 26.4. The van der Waals surface area contributed by atoms with Crippen LogP contribution in [-0.2, 0) is 49.0 Å². The molecule has 0 spiro atoms. The van der Waals surface area contributed by atoms with Crippen molar-refractivity contribution in [3.8, 4) is 73.5 Å². The van der Waals surface area contributed by atoms with E-state index in [-0.39, 0.29) is 24.7 Å². The van der Waals surface area contributed by atoms with Gasteiger partial charge in [-0.05, 0) is 148 Å². The fourth-order valence-electron chi connectivity index (χ4n) is 15.4. The highest BCUT2D eigenvalue weighted by molar-refractivity contribution is 6.61. The Morgan fingerprint density at radius 2 is 0.615 bits per heavy atom. The Morgan fingerprint density at radius 1 is 0.312 bits per heavy atom. The minimum atomic E-state index is -2.85. The average molecular weight is 1480 g/mol. The molecule has 4 aromatic heterocycles. The summed E-state index contributed by atoms with van der Waals surface area (Å²) in [6, 6.07) is 91.2. The third kappa shape index (κ3) is 15.3. The van der Waals surface area contributed by atoms with Crippen molar-refractivity contribution in [3.63, 3.8) is 0 Å². The predicted octanol–water partition coefficient (Wildman–Crippen LogP) is 19.7. The molecule has 11 aromatic carbocycles. The van der Waals surface area contributed by atoms with Crippen LogP contribution in [0.5, 0.6) is 0 Å². The highest BCUT2D eigenvalue weighted by Gasteiger charge is 2.41. The number of fused-ring (bicyclic) bond motifs is 9. The summed E-state index contributed by atoms with van der Waals surface area (Å²) in [5, 5.41) is 12.8. The molecule has 2 amide bonds. The number of amides is 2. The van der Waals surface area contributed by atoms with Gasteiger partial charge in [0.05, 0.1) is 63.0 Å². The Bertz CT molecular complexity index is 5270. The Balaban J connectivity index is 0.905. The van der Waals surface area contributed by atoms with E-state index in [1.165, 1.54) is 0 Å². The summed E-state index contributed by atoms with van der Waals surface area (Å²) in [5.41, 5.74) is 17.2. The summed E-state index contributed by atoms with van der Waals surface area (Å²) in [7, 11) is -5.69. The van der Waals surface area contributed by atoms with Gasteiger partial charge in [-0.2, -0.15) is 0 Å². The van der Waals surface area contributed by atoms with E-state index in [0.29, 0.717) is 95.1 Å². The second kappa shape index (κ2) is 33.2. The van der Waals surface area contributed by atoms with Crippen LogP contribution in [0.2, 0.25) is 12.1 Å². The topological polar surface area (TPSA) is 167 Å². The number of carbonyl (C=O) groups excluding carboxylic acids is 2. The number of aromatic nitrogens is 6. The summed E-state index contributed by atoms with van der Waals surface area (Å²) < 4.78 is 43.8. The van der Waals surface area contributed by atoms with Crippen LogP contribution >= 0.6 is 0 Å². The highest BCUT2D eigenvalue weighted by Crippen LogP contribution is 2.46. The van der Waals surface area contributed by atoms with Crippen LogP contribution in [0.4, 0.5) is 0 Å². The van der Waals surface area contributed by atoms with Crippen molar-refractivity contribution in [2.45, 2.75) is 79.3 Å². The van der Waals surface area contributed by atoms with Crippen LogP contribution in [-0.4, -0.2) is 111 Å². The molecule has 0 aliphatic heterocycles. The van der Waals surface area contributed by atoms with Gasteiger partial charge >= 0.3 is 17.6 Å². The van der Waals surface area contributed by atoms with Crippen LogP contribution < -0.4 is 10.6 Å². The lowest BCUT2D eigenvalue weighted by Gasteiger charge is -2.28. The van der Waals surface area contributed by atoms with Crippen LogP contribution in [0.3, 0.4) is 0 Å². The molecule has 15 rings (SSSR count). The van der Waals surface area contributed by atoms with Gasteiger partial charge in [0.15, 0.2) is 17.5 Å². The van der Waals surface area contributed by atoms with Crippen LogP contribution in [0.1, 0.15) is 65.5 Å². The molecule has 0 unspecified atom stereocenters. The standard InChI is InChI=1S/C91H90N8O8Si2/c1-7-102-108(103-8-2,104-9-3)55-27-53-92-86(100)57-63-41-45-65(46-42-63)69-49-51-82-76(59-69)77-60-70(66-47-43-64(44-48-66)58-87(101)93-54-28-56-109(105-10-4,106-11-5)107-12-6)50-52-83(77)99(82)88-84(97-78-37-23-19-33-72(78)73-34-20-24-38-79(73)97)61-71(62-85(88)98-80-39-25-21-35-74(80)75-36-22-26-40-81(75)98)91-95-89(67-29-15-13-16-30-67)94-90(96-91)68-31-17-14-18-32-68/h13-26,29-52,59-62H,7-12,27-28,53-58H2,1-6H3,(H,92,100)(H,93,101). The number of nitrogens with one attached hydrogen (secondary N) is 2. The van der Waals surface area contributed by atoms with E-state index in [1.807, 2.05) is 77.9 Å². The van der Waals surface area contributed by atoms with E-state index in [2.05, 4.69) is 243 Å². The first-order chi connectivity index (χ1) is 53.5. The first kappa shape index (κ1) is 73.5. The summed E-state index contributed by atoms with van der Waals surface area (Å²) in [5.74, 6) is 1.52. The molecule has 550 valence electrons. The Labute approximate surface area is 638 Å². The van der Waals surface area contributed by atoms with Crippen LogP contribution in [0.25, 0.3) is 139 Å². The smallest absolute Gasteiger partial charge is 0.374 e. The summed E-state index contributed by atoms with van der Waals surface area (Å²) in [4.78, 5) is 43.4. The molecule has 0 saturated heterocycles. The van der Waals surface area contributed by atoms with Gasteiger partial charge in [0.25, 0.3) is 0 Å². The monoisotopic (exact) mass is 1480 g/mol. The average Bonchev–Trinajstić information content (AvgIpc) is 1.56. The van der Waals surface area contributed by atoms with E-state index in [1.54, 1.807) is 0 Å². The molecule has 0 radical (unpaired) electrons. The van der Waals surface area contributed by atoms with Crippen molar-refractivity contribution >= 4 is 94.8 Å². The highest BCUT2D eigenvalue weighted by atomic mass is 28.4. The summed E-state index contributed by atoms with van der Waals surface area (Å²) >= 11 is 0. The van der Waals surface area contributed by atoms with Crippen LogP contribution in [0, 0.1) is 0 Å². The fraction of sp³-hybridized carbons (Fsp3) is 0.220. The molecule has 2 N–H and O–H groups in total. The fourth-order valence-corrected chi connectivity index (χ4v) is 20.6. The van der Waals surface area contributed by atoms with Crippen molar-refractivity contribution in [1.82, 2.24) is 39.3 Å². The SMILES string of the molecule is CCO[Si](CCCNC(=O)Cc1ccc(-c2ccc3c(c2)c2cc(-c4ccc(CC(=O)NCCC[Si](OCC)(OCC)OCC)cc4)ccc2n3-c2c(-n3c4ccccc4c4ccccc43)cc(-c3nc(-c4ccccc4)nc(-c4ccccc4)n3)cc2-n2c3ccccc3c3ccccc32)cc1)(OCC)OCC. The molecule has 0 fully saturated rings. The van der Waals surface area contributed by atoms with E-state index >= 15 is 0 Å². The minimum Gasteiger partial charge on any atom is -0.374 e. The molecule has 109 heavy (non-hydrogen) atoms. The van der Waals surface area contributed by atoms with Gasteiger partial charge in [-0.1, -0.05) is 194 Å². The second-order valence-corrected chi connectivity index (χ2v) is 32.5. The molecule has 0 saturated carbocycles. The number of nitrogens with zero attached hydrogens (tertiary/aromatic N) is 6. The van der Waals surface area contributed by atoms with Crippen molar-refractivity contribution in [1.29, 1.82) is 0 Å². The molecule has 0 aliphatic carbocycles. The molecule has 15 aromatic rings. The number of hydrogen-bond acceptors (Lipinski definition) is 11. The van der Waals surface area contributed by atoms with Crippen molar-refractivity contribution in [2.24, 2.45) is 0 Å². The molecule has 0 aliphatic rings. The second-order valence-electron chi connectivity index (χ2n) is 27.1. The maximum atomic E-state index is 13.6. The van der Waals surface area contributed by atoms with Crippen molar-refractivity contribution in [2.75, 3.05) is 52.7 Å². The maximum Gasteiger partial charge on any atom is 0.500 e. The molecule has 18 heteroatoms. The number of rotatable bonds is 32. The van der Waals surface area contributed by atoms with Gasteiger partial charge in [0.2, 0.25) is 11.8 Å². The van der Waals surface area contributed by atoms with Gasteiger partial charge in [0, 0.05) is 114 Å². The molecule has 0 bridgehead atoms. The summed E-state index contributed by atoms with van der Waals surface area (Å²) in [6.07, 6.45) is 1.81. The number of carbonyl (C=O) groups is 2. The van der Waals surface area contributed by atoms with E-state index in [9.17, 15) is 9.59 Å². The first-order valence-corrected chi connectivity index (χ1v) is 42.1. The largest absolute Gasteiger partial charge is 0.500 e. The zero-order valence-electron chi connectivity index (χ0n) is 62.6. The van der Waals surface area contributed by atoms with E-state index in [4.69, 9.17) is 41.5 Å². The van der Waals surface area contributed by atoms with Gasteiger partial charge in [-0.3, -0.25) is 9.59 Å². The van der Waals surface area contributed by atoms with Crippen LogP contribution in [0.15, 0.2) is 255 Å². The Hall–Kier alpha value is -11.0. The third-order valence-electron chi connectivity index (χ3n) is 20.1. The zero-order chi connectivity index (χ0) is 74.9. The molecular weight excluding hydrogens is 1390 g/mol. The van der Waals surface area contributed by atoms with Gasteiger partial charge < -0.3 is 50.9 Å². The van der Waals surface area contributed by atoms with E-state index in [0.717, 1.165) is 133 Å². The minimum absolute atomic E-state index is 0.0563. The number of para-hydroxylation sites is 4. The van der Waals surface area contributed by atoms with Crippen molar-refractivity contribution < 1.29 is 36.1 Å². The van der Waals surface area contributed by atoms with Crippen molar-refractivity contribution in [3.05, 3.63) is 266 Å². The molecular formula is C91H90N8O8Si2. The molecule has 0 atom stereocenters. The number of benzene rings is 11. The lowest BCUT2D eigenvalue weighted by atomic mass is 9.98. The van der Waals surface area contributed by atoms with Gasteiger partial charge in [-0.25, -0.2) is 15.0 Å². The maximum absolute atomic E-state index is 13.6. The van der Waals surface area contributed by atoms with Gasteiger partial charge in [-0.15, -0.1) is 0 Å². The summed E-state index contributed by atoms with van der Waals surface area (Å²) in [6.45, 7) is 15.7. The molecule has 4 heterocycles. The first-order valence-electron chi connectivity index (χ1n) is 38.2.